The average Bonchev–Trinajstić information content (AvgIpc) is 2.39. The van der Waals surface area contributed by atoms with Crippen LogP contribution < -0.4 is 4.72 Å². The fourth-order valence-electron chi connectivity index (χ4n) is 1.81. The van der Waals surface area contributed by atoms with E-state index >= 15 is 0 Å². The Labute approximate surface area is 117 Å². The monoisotopic (exact) mass is 284 g/mol. The third-order valence-electron chi connectivity index (χ3n) is 3.38. The summed E-state index contributed by atoms with van der Waals surface area (Å²) >= 11 is 0. The lowest BCUT2D eigenvalue weighted by Gasteiger charge is -2.23. The van der Waals surface area contributed by atoms with E-state index in [1.807, 2.05) is 44.2 Å². The van der Waals surface area contributed by atoms with Crippen molar-refractivity contribution in [2.45, 2.75) is 39.2 Å². The highest BCUT2D eigenvalue weighted by atomic mass is 32.2. The highest BCUT2D eigenvalue weighted by Gasteiger charge is 2.21. The van der Waals surface area contributed by atoms with Gasteiger partial charge in [-0.2, -0.15) is 12.7 Å². The van der Waals surface area contributed by atoms with Crippen molar-refractivity contribution in [3.8, 4) is 0 Å². The Morgan fingerprint density at radius 2 is 1.79 bits per heavy atom. The molecule has 1 aromatic rings. The predicted molar refractivity (Wildman–Crippen MR) is 79.3 cm³/mol. The lowest BCUT2D eigenvalue weighted by Crippen LogP contribution is -2.43. The Balaban J connectivity index is 2.69. The third kappa shape index (κ3) is 4.60. The van der Waals surface area contributed by atoms with E-state index in [2.05, 4.69) is 11.6 Å². The molecule has 1 unspecified atom stereocenters. The Bertz CT molecular complexity index is 471. The zero-order valence-corrected chi connectivity index (χ0v) is 12.9. The molecule has 0 aromatic heterocycles. The fourth-order valence-corrected chi connectivity index (χ4v) is 2.98. The van der Waals surface area contributed by atoms with Gasteiger partial charge in [0.15, 0.2) is 0 Å². The maximum absolute atomic E-state index is 12.0. The molecule has 0 spiro atoms. The van der Waals surface area contributed by atoms with Crippen molar-refractivity contribution < 1.29 is 8.42 Å². The lowest BCUT2D eigenvalue weighted by molar-refractivity contribution is 0.400. The van der Waals surface area contributed by atoms with Gasteiger partial charge in [-0.25, -0.2) is 4.72 Å². The van der Waals surface area contributed by atoms with Crippen LogP contribution in [-0.2, 0) is 10.2 Å². The minimum Gasteiger partial charge on any atom is -0.202 e. The molecule has 0 aliphatic carbocycles. The second-order valence-corrected chi connectivity index (χ2v) is 6.79. The summed E-state index contributed by atoms with van der Waals surface area (Å²) in [6.45, 7) is 6.21. The minimum absolute atomic E-state index is 0.0469. The van der Waals surface area contributed by atoms with Crippen LogP contribution in [0.2, 0.25) is 0 Å². The van der Waals surface area contributed by atoms with Crippen LogP contribution in [-0.4, -0.2) is 32.4 Å². The van der Waals surface area contributed by atoms with E-state index in [1.54, 1.807) is 7.05 Å². The van der Waals surface area contributed by atoms with Crippen LogP contribution in [0.4, 0.5) is 0 Å². The van der Waals surface area contributed by atoms with Crippen molar-refractivity contribution >= 4 is 10.2 Å². The van der Waals surface area contributed by atoms with Gasteiger partial charge in [0, 0.05) is 19.6 Å². The van der Waals surface area contributed by atoms with Crippen LogP contribution in [0.3, 0.4) is 0 Å². The summed E-state index contributed by atoms with van der Waals surface area (Å²) in [5.74, 6) is 0.205. The molecule has 0 amide bonds. The third-order valence-corrected chi connectivity index (χ3v) is 5.09. The topological polar surface area (TPSA) is 49.4 Å². The van der Waals surface area contributed by atoms with Gasteiger partial charge in [-0.1, -0.05) is 37.3 Å². The summed E-state index contributed by atoms with van der Waals surface area (Å²) in [6, 6.07) is 9.95. The number of rotatable bonds is 7. The molecule has 0 saturated carbocycles. The molecule has 0 saturated heterocycles. The zero-order chi connectivity index (χ0) is 14.5. The Morgan fingerprint density at radius 3 is 2.26 bits per heavy atom. The molecule has 0 aliphatic rings. The second kappa shape index (κ2) is 7.03. The van der Waals surface area contributed by atoms with E-state index in [4.69, 9.17) is 0 Å². The summed E-state index contributed by atoms with van der Waals surface area (Å²) in [4.78, 5) is 0. The van der Waals surface area contributed by atoms with Gasteiger partial charge in [-0.05, 0) is 31.7 Å². The molecule has 5 heteroatoms. The predicted octanol–water partition coefficient (Wildman–Crippen LogP) is 2.35. The van der Waals surface area contributed by atoms with Crippen LogP contribution in [0.25, 0.3) is 0 Å². The highest BCUT2D eigenvalue weighted by Crippen LogP contribution is 2.18. The first-order chi connectivity index (χ1) is 8.88. The summed E-state index contributed by atoms with van der Waals surface area (Å²) in [5.41, 5.74) is 1.17. The van der Waals surface area contributed by atoms with Crippen molar-refractivity contribution in [1.82, 2.24) is 9.03 Å². The van der Waals surface area contributed by atoms with E-state index in [0.717, 1.165) is 6.42 Å². The molecule has 0 aliphatic heterocycles. The van der Waals surface area contributed by atoms with Crippen LogP contribution in [0.15, 0.2) is 30.3 Å². The number of hydrogen-bond acceptors (Lipinski definition) is 2. The van der Waals surface area contributed by atoms with E-state index in [1.165, 1.54) is 9.87 Å². The highest BCUT2D eigenvalue weighted by molar-refractivity contribution is 7.87. The molecular weight excluding hydrogens is 260 g/mol. The molecule has 0 radical (unpaired) electrons. The first-order valence-electron chi connectivity index (χ1n) is 6.66. The Morgan fingerprint density at radius 1 is 1.21 bits per heavy atom. The fraction of sp³-hybridized carbons (Fsp3) is 0.571. The molecule has 1 atom stereocenters. The van der Waals surface area contributed by atoms with Gasteiger partial charge in [0.2, 0.25) is 0 Å². The Kier molecular flexibility index (Phi) is 5.97. The quantitative estimate of drug-likeness (QED) is 0.835. The smallest absolute Gasteiger partial charge is 0.202 e. The average molecular weight is 284 g/mol. The van der Waals surface area contributed by atoms with Crippen molar-refractivity contribution in [2.24, 2.45) is 0 Å². The largest absolute Gasteiger partial charge is 0.279 e. The molecule has 0 heterocycles. The summed E-state index contributed by atoms with van der Waals surface area (Å²) in [5, 5.41) is 0. The molecule has 1 N–H and O–H groups in total. The van der Waals surface area contributed by atoms with Gasteiger partial charge in [-0.15, -0.1) is 0 Å². The van der Waals surface area contributed by atoms with Crippen LogP contribution in [0, 0.1) is 0 Å². The van der Waals surface area contributed by atoms with E-state index in [0.29, 0.717) is 6.54 Å². The van der Waals surface area contributed by atoms with E-state index < -0.39 is 10.2 Å². The van der Waals surface area contributed by atoms with Crippen molar-refractivity contribution in [2.75, 3.05) is 13.6 Å². The molecule has 0 bridgehead atoms. The molecule has 19 heavy (non-hydrogen) atoms. The Hall–Kier alpha value is -0.910. The van der Waals surface area contributed by atoms with Gasteiger partial charge in [0.1, 0.15) is 0 Å². The van der Waals surface area contributed by atoms with Crippen molar-refractivity contribution in [3.05, 3.63) is 35.9 Å². The molecule has 0 fully saturated rings. The van der Waals surface area contributed by atoms with Gasteiger partial charge in [0.05, 0.1) is 0 Å². The zero-order valence-electron chi connectivity index (χ0n) is 12.1. The van der Waals surface area contributed by atoms with Gasteiger partial charge in [-0.3, -0.25) is 0 Å². The summed E-state index contributed by atoms with van der Waals surface area (Å²) in [6.07, 6.45) is 0.901. The number of hydrogen-bond donors (Lipinski definition) is 1. The van der Waals surface area contributed by atoms with Crippen molar-refractivity contribution in [1.29, 1.82) is 0 Å². The van der Waals surface area contributed by atoms with Crippen LogP contribution >= 0.6 is 0 Å². The second-order valence-electron chi connectivity index (χ2n) is 4.98. The summed E-state index contributed by atoms with van der Waals surface area (Å²) in [7, 11) is -1.80. The SMILES string of the molecule is CCC(CNS(=O)(=O)N(C)C(C)C)c1ccccc1. The lowest BCUT2D eigenvalue weighted by atomic mass is 9.97. The molecule has 1 aromatic carbocycles. The standard InChI is InChI=1S/C14H24N2O2S/c1-5-13(14-9-7-6-8-10-14)11-15-19(17,18)16(4)12(2)3/h6-10,12-13,15H,5,11H2,1-4H3. The number of nitrogens with zero attached hydrogens (tertiary/aromatic N) is 1. The van der Waals surface area contributed by atoms with Gasteiger partial charge < -0.3 is 0 Å². The van der Waals surface area contributed by atoms with Gasteiger partial charge in [0.25, 0.3) is 10.2 Å². The normalized spacial score (nSPS) is 14.0. The first kappa shape index (κ1) is 16.1. The van der Waals surface area contributed by atoms with Crippen LogP contribution in [0.5, 0.6) is 0 Å². The first-order valence-corrected chi connectivity index (χ1v) is 8.10. The molecule has 1 rings (SSSR count). The maximum Gasteiger partial charge on any atom is 0.279 e. The summed E-state index contributed by atoms with van der Waals surface area (Å²) < 4.78 is 28.1. The molecule has 108 valence electrons. The van der Waals surface area contributed by atoms with E-state index in [-0.39, 0.29) is 12.0 Å². The molecular formula is C14H24N2O2S. The minimum atomic E-state index is -3.39. The molecule has 4 nitrogen and oxygen atoms in total. The number of nitrogens with one attached hydrogen (secondary N) is 1. The van der Waals surface area contributed by atoms with Gasteiger partial charge >= 0.3 is 0 Å². The van der Waals surface area contributed by atoms with Crippen molar-refractivity contribution in [3.63, 3.8) is 0 Å². The maximum atomic E-state index is 12.0. The van der Waals surface area contributed by atoms with Crippen LogP contribution in [0.1, 0.15) is 38.7 Å². The number of benzene rings is 1. The van der Waals surface area contributed by atoms with E-state index in [9.17, 15) is 8.42 Å².